The maximum atomic E-state index is 2.43. The molecule has 0 fully saturated rings. The van der Waals surface area contributed by atoms with Crippen LogP contribution in [0.3, 0.4) is 0 Å². The van der Waals surface area contributed by atoms with Gasteiger partial charge >= 0.3 is 0 Å². The summed E-state index contributed by atoms with van der Waals surface area (Å²) in [6, 6.07) is 16.0. The van der Waals surface area contributed by atoms with Crippen LogP contribution in [-0.4, -0.2) is 0 Å². The van der Waals surface area contributed by atoms with Gasteiger partial charge in [-0.2, -0.15) is 0 Å². The average molecular weight is 272 g/mol. The molecule has 0 heterocycles. The van der Waals surface area contributed by atoms with Crippen molar-refractivity contribution in [2.24, 2.45) is 0 Å². The molecule has 1 unspecified atom stereocenters. The third-order valence-electron chi connectivity index (χ3n) is 4.79. The van der Waals surface area contributed by atoms with Gasteiger partial charge in [0.25, 0.3) is 0 Å². The molecule has 0 saturated heterocycles. The fourth-order valence-corrected chi connectivity index (χ4v) is 3.66. The Morgan fingerprint density at radius 1 is 0.952 bits per heavy atom. The predicted octanol–water partition coefficient (Wildman–Crippen LogP) is 5.81. The Kier molecular flexibility index (Phi) is 2.85. The van der Waals surface area contributed by atoms with E-state index < -0.39 is 0 Å². The van der Waals surface area contributed by atoms with E-state index in [4.69, 9.17) is 0 Å². The predicted molar refractivity (Wildman–Crippen MR) is 89.7 cm³/mol. The van der Waals surface area contributed by atoms with Crippen molar-refractivity contribution in [3.8, 4) is 11.1 Å². The molecule has 0 saturated carbocycles. The van der Waals surface area contributed by atoms with E-state index >= 15 is 0 Å². The van der Waals surface area contributed by atoms with Crippen molar-refractivity contribution >= 4 is 0 Å². The summed E-state index contributed by atoms with van der Waals surface area (Å²) in [5.41, 5.74) is 8.79. The van der Waals surface area contributed by atoms with Crippen LogP contribution in [0.4, 0.5) is 0 Å². The number of allylic oxidation sites excluding steroid dienone is 4. The van der Waals surface area contributed by atoms with E-state index in [2.05, 4.69) is 74.5 Å². The van der Waals surface area contributed by atoms with Gasteiger partial charge in [0, 0.05) is 5.92 Å². The van der Waals surface area contributed by atoms with Gasteiger partial charge in [0.15, 0.2) is 0 Å². The Bertz CT molecular complexity index is 759. The van der Waals surface area contributed by atoms with E-state index in [9.17, 15) is 0 Å². The van der Waals surface area contributed by atoms with Gasteiger partial charge in [-0.1, -0.05) is 80.1 Å². The second kappa shape index (κ2) is 4.73. The highest BCUT2D eigenvalue weighted by atomic mass is 14.3. The van der Waals surface area contributed by atoms with Crippen LogP contribution in [-0.2, 0) is 0 Å². The summed E-state index contributed by atoms with van der Waals surface area (Å²) in [5, 5.41) is 0. The molecule has 4 rings (SSSR count). The number of hydrogen-bond donors (Lipinski definition) is 0. The topological polar surface area (TPSA) is 0 Å². The molecule has 104 valence electrons. The first-order valence-corrected chi connectivity index (χ1v) is 7.84. The average Bonchev–Trinajstić information content (AvgIpc) is 3.11. The lowest BCUT2D eigenvalue weighted by Crippen LogP contribution is -2.00. The van der Waals surface area contributed by atoms with Crippen LogP contribution in [0.2, 0.25) is 0 Å². The van der Waals surface area contributed by atoms with Crippen LogP contribution < -0.4 is 0 Å². The first kappa shape index (κ1) is 12.6. The second-order valence-electron chi connectivity index (χ2n) is 6.40. The van der Waals surface area contributed by atoms with Gasteiger partial charge in [0.1, 0.15) is 0 Å². The Hall–Kier alpha value is -2.08. The molecule has 0 bridgehead atoms. The van der Waals surface area contributed by atoms with Gasteiger partial charge in [-0.25, -0.2) is 0 Å². The minimum atomic E-state index is 0.449. The fraction of sp³-hybridized carbons (Fsp3) is 0.238. The molecule has 1 atom stereocenters. The molecule has 0 amide bonds. The lowest BCUT2D eigenvalue weighted by molar-refractivity contribution is 0.858. The van der Waals surface area contributed by atoms with Crippen LogP contribution in [0.15, 0.2) is 66.3 Å². The highest BCUT2D eigenvalue weighted by Crippen LogP contribution is 2.50. The van der Waals surface area contributed by atoms with Crippen molar-refractivity contribution in [3.05, 3.63) is 83.0 Å². The zero-order valence-electron chi connectivity index (χ0n) is 12.6. The highest BCUT2D eigenvalue weighted by Gasteiger charge is 2.31. The molecule has 2 aromatic rings. The molecule has 0 nitrogen and oxygen atoms in total. The quantitative estimate of drug-likeness (QED) is 0.647. The van der Waals surface area contributed by atoms with Gasteiger partial charge in [-0.05, 0) is 40.2 Å². The molecule has 2 aliphatic carbocycles. The fourth-order valence-electron chi connectivity index (χ4n) is 3.66. The van der Waals surface area contributed by atoms with Gasteiger partial charge < -0.3 is 0 Å². The first-order valence-electron chi connectivity index (χ1n) is 7.84. The van der Waals surface area contributed by atoms with E-state index in [-0.39, 0.29) is 0 Å². The summed E-state index contributed by atoms with van der Waals surface area (Å²) >= 11 is 0. The SMILES string of the molecule is CC(C)c1ccc2c(c1)C(C1=CC=CC1)c1ccccc1-2. The van der Waals surface area contributed by atoms with Crippen LogP contribution in [0.5, 0.6) is 0 Å². The molecule has 0 radical (unpaired) electrons. The molecule has 0 heteroatoms. The Morgan fingerprint density at radius 3 is 2.52 bits per heavy atom. The Labute approximate surface area is 126 Å². The highest BCUT2D eigenvalue weighted by molar-refractivity contribution is 5.81. The van der Waals surface area contributed by atoms with Crippen molar-refractivity contribution in [2.45, 2.75) is 32.1 Å². The largest absolute Gasteiger partial charge is 0.0804 e. The Balaban J connectivity index is 1.93. The molecule has 0 spiro atoms. The maximum Gasteiger partial charge on any atom is 0.0317 e. The zero-order valence-corrected chi connectivity index (χ0v) is 12.6. The minimum absolute atomic E-state index is 0.449. The second-order valence-corrected chi connectivity index (χ2v) is 6.40. The molecule has 0 aliphatic heterocycles. The summed E-state index contributed by atoms with van der Waals surface area (Å²) < 4.78 is 0. The van der Waals surface area contributed by atoms with E-state index in [1.165, 1.54) is 33.4 Å². The molecular weight excluding hydrogens is 252 g/mol. The summed E-state index contributed by atoms with van der Waals surface area (Å²) in [6.07, 6.45) is 7.85. The number of hydrogen-bond acceptors (Lipinski definition) is 0. The monoisotopic (exact) mass is 272 g/mol. The van der Waals surface area contributed by atoms with Gasteiger partial charge in [-0.3, -0.25) is 0 Å². The standard InChI is InChI=1S/C21H20/c1-14(2)16-11-12-18-17-9-5-6-10-19(17)21(20(18)13-16)15-7-3-4-8-15/h3-7,9-14,21H,8H2,1-2H3. The molecule has 0 N–H and O–H groups in total. The third-order valence-corrected chi connectivity index (χ3v) is 4.79. The number of rotatable bonds is 2. The zero-order chi connectivity index (χ0) is 14.4. The van der Waals surface area contributed by atoms with Crippen LogP contribution in [0.1, 0.15) is 48.8 Å². The molecular formula is C21H20. The summed E-state index contributed by atoms with van der Waals surface area (Å²) in [4.78, 5) is 0. The lowest BCUT2D eigenvalue weighted by atomic mass is 9.87. The summed E-state index contributed by atoms with van der Waals surface area (Å²) in [7, 11) is 0. The Morgan fingerprint density at radius 2 is 1.76 bits per heavy atom. The van der Waals surface area contributed by atoms with Gasteiger partial charge in [0.05, 0.1) is 0 Å². The number of benzene rings is 2. The lowest BCUT2D eigenvalue weighted by Gasteiger charge is -2.17. The van der Waals surface area contributed by atoms with Crippen molar-refractivity contribution in [1.82, 2.24) is 0 Å². The maximum absolute atomic E-state index is 2.43. The molecule has 21 heavy (non-hydrogen) atoms. The van der Waals surface area contributed by atoms with Crippen LogP contribution >= 0.6 is 0 Å². The summed E-state index contributed by atoms with van der Waals surface area (Å²) in [5.74, 6) is 1.03. The first-order chi connectivity index (χ1) is 10.3. The van der Waals surface area contributed by atoms with Gasteiger partial charge in [-0.15, -0.1) is 0 Å². The van der Waals surface area contributed by atoms with Gasteiger partial charge in [0.2, 0.25) is 0 Å². The van der Waals surface area contributed by atoms with Crippen molar-refractivity contribution in [3.63, 3.8) is 0 Å². The smallest absolute Gasteiger partial charge is 0.0317 e. The van der Waals surface area contributed by atoms with Crippen LogP contribution in [0.25, 0.3) is 11.1 Å². The molecule has 2 aliphatic rings. The minimum Gasteiger partial charge on any atom is -0.0804 e. The van der Waals surface area contributed by atoms with Crippen molar-refractivity contribution < 1.29 is 0 Å². The normalized spacial score (nSPS) is 18.8. The molecule has 0 aromatic heterocycles. The van der Waals surface area contributed by atoms with Crippen molar-refractivity contribution in [1.29, 1.82) is 0 Å². The molecule has 2 aromatic carbocycles. The van der Waals surface area contributed by atoms with E-state index in [0.29, 0.717) is 11.8 Å². The van der Waals surface area contributed by atoms with E-state index in [1.807, 2.05) is 0 Å². The summed E-state index contributed by atoms with van der Waals surface area (Å²) in [6.45, 7) is 4.55. The van der Waals surface area contributed by atoms with E-state index in [0.717, 1.165) is 6.42 Å². The third kappa shape index (κ3) is 1.90. The van der Waals surface area contributed by atoms with Crippen molar-refractivity contribution in [2.75, 3.05) is 0 Å². The van der Waals surface area contributed by atoms with E-state index in [1.54, 1.807) is 0 Å². The van der Waals surface area contributed by atoms with Crippen LogP contribution in [0, 0.1) is 0 Å². The number of fused-ring (bicyclic) bond motifs is 3.